The van der Waals surface area contributed by atoms with Gasteiger partial charge in [0, 0.05) is 49.7 Å². The summed E-state index contributed by atoms with van der Waals surface area (Å²) in [5.41, 5.74) is 3.82. The molecular weight excluding hydrogens is 396 g/mol. The van der Waals surface area contributed by atoms with Crippen LogP contribution in [0.5, 0.6) is 11.5 Å². The molecule has 1 fully saturated rings. The Morgan fingerprint density at radius 1 is 1.06 bits per heavy atom. The Kier molecular flexibility index (Phi) is 5.21. The molecule has 0 saturated carbocycles. The standard InChI is InChI=1S/C22H26N6O3/c1-15-9-18(16(2)28(15)22-23-13-24-25-22)19(29)12-27-7-5-26(6-8-27)11-17-3-4-20-21(10-17)31-14-30-20/h3-4,9-10,13H,5-8,11-12,14H2,1-2H3,(H,23,24,25). The average molecular weight is 422 g/mol. The lowest BCUT2D eigenvalue weighted by atomic mass is 10.1. The highest BCUT2D eigenvalue weighted by atomic mass is 16.7. The summed E-state index contributed by atoms with van der Waals surface area (Å²) in [6, 6.07) is 8.06. The Hall–Kier alpha value is -3.17. The van der Waals surface area contributed by atoms with Gasteiger partial charge in [0.05, 0.1) is 6.54 Å². The van der Waals surface area contributed by atoms with E-state index in [0.717, 1.165) is 61.2 Å². The van der Waals surface area contributed by atoms with E-state index in [1.807, 2.05) is 30.5 Å². The molecule has 2 aliphatic rings. The maximum Gasteiger partial charge on any atom is 0.231 e. The van der Waals surface area contributed by atoms with Gasteiger partial charge in [-0.1, -0.05) is 6.07 Å². The number of ketones is 1. The molecule has 31 heavy (non-hydrogen) atoms. The Bertz CT molecular complexity index is 1080. The second-order valence-corrected chi connectivity index (χ2v) is 8.09. The molecule has 1 N–H and O–H groups in total. The number of Topliss-reactive ketones (excluding diaryl/α,β-unsaturated/α-hetero) is 1. The van der Waals surface area contributed by atoms with Gasteiger partial charge in [-0.3, -0.25) is 19.2 Å². The second kappa shape index (κ2) is 8.16. The number of hydrogen-bond donors (Lipinski definition) is 1. The lowest BCUT2D eigenvalue weighted by Gasteiger charge is -2.34. The number of benzene rings is 1. The van der Waals surface area contributed by atoms with E-state index in [-0.39, 0.29) is 5.78 Å². The van der Waals surface area contributed by atoms with Crippen molar-refractivity contribution in [2.24, 2.45) is 0 Å². The summed E-state index contributed by atoms with van der Waals surface area (Å²) in [5.74, 6) is 2.41. The number of ether oxygens (including phenoxy) is 2. The highest BCUT2D eigenvalue weighted by Gasteiger charge is 2.23. The van der Waals surface area contributed by atoms with Gasteiger partial charge in [-0.2, -0.15) is 10.1 Å². The van der Waals surface area contributed by atoms with Gasteiger partial charge >= 0.3 is 0 Å². The van der Waals surface area contributed by atoms with Crippen LogP contribution in [0.4, 0.5) is 0 Å². The smallest absolute Gasteiger partial charge is 0.231 e. The van der Waals surface area contributed by atoms with E-state index < -0.39 is 0 Å². The van der Waals surface area contributed by atoms with E-state index >= 15 is 0 Å². The molecule has 0 bridgehead atoms. The molecule has 0 radical (unpaired) electrons. The maximum absolute atomic E-state index is 13.0. The van der Waals surface area contributed by atoms with Crippen LogP contribution in [0.1, 0.15) is 27.3 Å². The zero-order valence-electron chi connectivity index (χ0n) is 17.8. The predicted molar refractivity (Wildman–Crippen MR) is 114 cm³/mol. The topological polar surface area (TPSA) is 88.5 Å². The van der Waals surface area contributed by atoms with Crippen molar-refractivity contribution in [3.63, 3.8) is 0 Å². The van der Waals surface area contributed by atoms with Crippen LogP contribution in [0.2, 0.25) is 0 Å². The minimum atomic E-state index is 0.142. The van der Waals surface area contributed by atoms with E-state index in [9.17, 15) is 4.79 Å². The molecule has 0 spiro atoms. The quantitative estimate of drug-likeness (QED) is 0.608. The van der Waals surface area contributed by atoms with Crippen LogP contribution in [0.15, 0.2) is 30.6 Å². The third kappa shape index (κ3) is 3.94. The summed E-state index contributed by atoms with van der Waals surface area (Å²) in [4.78, 5) is 21.9. The van der Waals surface area contributed by atoms with E-state index in [0.29, 0.717) is 19.3 Å². The van der Waals surface area contributed by atoms with Crippen molar-refractivity contribution in [3.05, 3.63) is 53.1 Å². The molecule has 0 amide bonds. The summed E-state index contributed by atoms with van der Waals surface area (Å²) >= 11 is 0. The van der Waals surface area contributed by atoms with E-state index in [1.165, 1.54) is 11.9 Å². The van der Waals surface area contributed by atoms with Crippen molar-refractivity contribution in [3.8, 4) is 17.4 Å². The molecule has 3 aromatic rings. The van der Waals surface area contributed by atoms with E-state index in [2.05, 4.69) is 37.1 Å². The number of carbonyl (C=O) groups is 1. The molecule has 5 rings (SSSR count). The van der Waals surface area contributed by atoms with Gasteiger partial charge in [0.1, 0.15) is 6.33 Å². The Labute approximate surface area is 180 Å². The van der Waals surface area contributed by atoms with Crippen molar-refractivity contribution in [2.45, 2.75) is 20.4 Å². The molecule has 2 aromatic heterocycles. The first-order valence-corrected chi connectivity index (χ1v) is 10.5. The number of H-pyrrole nitrogens is 1. The Morgan fingerprint density at radius 3 is 2.61 bits per heavy atom. The number of nitrogens with one attached hydrogen (secondary N) is 1. The summed E-state index contributed by atoms with van der Waals surface area (Å²) in [5, 5.41) is 6.78. The first-order chi connectivity index (χ1) is 15.1. The third-order valence-corrected chi connectivity index (χ3v) is 6.02. The molecule has 1 saturated heterocycles. The fourth-order valence-electron chi connectivity index (χ4n) is 4.37. The summed E-state index contributed by atoms with van der Waals surface area (Å²) < 4.78 is 12.8. The second-order valence-electron chi connectivity index (χ2n) is 8.09. The number of piperazine rings is 1. The average Bonchev–Trinajstić information content (AvgIpc) is 3.50. The van der Waals surface area contributed by atoms with Crippen LogP contribution >= 0.6 is 0 Å². The van der Waals surface area contributed by atoms with Crippen molar-refractivity contribution >= 4 is 5.78 Å². The van der Waals surface area contributed by atoms with Crippen molar-refractivity contribution < 1.29 is 14.3 Å². The van der Waals surface area contributed by atoms with E-state index in [4.69, 9.17) is 9.47 Å². The van der Waals surface area contributed by atoms with Gasteiger partial charge in [-0.15, -0.1) is 0 Å². The minimum absolute atomic E-state index is 0.142. The predicted octanol–water partition coefficient (Wildman–Crippen LogP) is 1.94. The zero-order valence-corrected chi connectivity index (χ0v) is 17.8. The fraction of sp³-hybridized carbons (Fsp3) is 0.409. The first-order valence-electron chi connectivity index (χ1n) is 10.5. The molecule has 0 aliphatic carbocycles. The van der Waals surface area contributed by atoms with Crippen LogP contribution in [-0.2, 0) is 6.54 Å². The van der Waals surface area contributed by atoms with Crippen molar-refractivity contribution in [1.82, 2.24) is 29.5 Å². The van der Waals surface area contributed by atoms with Crippen LogP contribution in [0.3, 0.4) is 0 Å². The normalized spacial score (nSPS) is 16.7. The van der Waals surface area contributed by atoms with Crippen molar-refractivity contribution in [1.29, 1.82) is 0 Å². The van der Waals surface area contributed by atoms with E-state index in [1.54, 1.807) is 0 Å². The number of rotatable bonds is 6. The molecule has 162 valence electrons. The monoisotopic (exact) mass is 422 g/mol. The molecule has 0 atom stereocenters. The highest BCUT2D eigenvalue weighted by molar-refractivity contribution is 5.99. The number of aromatic nitrogens is 4. The Balaban J connectivity index is 1.17. The van der Waals surface area contributed by atoms with Crippen LogP contribution in [0.25, 0.3) is 5.95 Å². The summed E-state index contributed by atoms with van der Waals surface area (Å²) in [6.07, 6.45) is 1.47. The van der Waals surface area contributed by atoms with Gasteiger partial charge in [0.25, 0.3) is 0 Å². The summed E-state index contributed by atoms with van der Waals surface area (Å²) in [6.45, 7) is 9.13. The summed E-state index contributed by atoms with van der Waals surface area (Å²) in [7, 11) is 0. The van der Waals surface area contributed by atoms with Gasteiger partial charge in [0.2, 0.25) is 12.7 Å². The fourth-order valence-corrected chi connectivity index (χ4v) is 4.37. The number of aromatic amines is 1. The molecule has 0 unspecified atom stereocenters. The molecule has 1 aromatic carbocycles. The van der Waals surface area contributed by atoms with Gasteiger partial charge in [-0.05, 0) is 37.6 Å². The number of nitrogens with zero attached hydrogens (tertiary/aromatic N) is 5. The van der Waals surface area contributed by atoms with Crippen LogP contribution in [0, 0.1) is 13.8 Å². The SMILES string of the molecule is Cc1cc(C(=O)CN2CCN(Cc3ccc4c(c3)OCO4)CC2)c(C)n1-c1ncn[nH]1. The van der Waals surface area contributed by atoms with Gasteiger partial charge in [0.15, 0.2) is 17.3 Å². The zero-order chi connectivity index (χ0) is 21.4. The number of aryl methyl sites for hydroxylation is 1. The highest BCUT2D eigenvalue weighted by Crippen LogP contribution is 2.32. The largest absolute Gasteiger partial charge is 0.454 e. The molecule has 9 heteroatoms. The number of fused-ring (bicyclic) bond motifs is 1. The minimum Gasteiger partial charge on any atom is -0.454 e. The lowest BCUT2D eigenvalue weighted by Crippen LogP contribution is -2.47. The number of carbonyl (C=O) groups excluding carboxylic acids is 1. The van der Waals surface area contributed by atoms with Crippen LogP contribution < -0.4 is 9.47 Å². The Morgan fingerprint density at radius 2 is 1.84 bits per heavy atom. The molecular formula is C22H26N6O3. The molecule has 4 heterocycles. The molecule has 2 aliphatic heterocycles. The van der Waals surface area contributed by atoms with Crippen LogP contribution in [-0.4, -0.2) is 74.8 Å². The number of hydrogen-bond acceptors (Lipinski definition) is 7. The van der Waals surface area contributed by atoms with Crippen molar-refractivity contribution in [2.75, 3.05) is 39.5 Å². The third-order valence-electron chi connectivity index (χ3n) is 6.02. The lowest BCUT2D eigenvalue weighted by molar-refractivity contribution is 0.0843. The first kappa shape index (κ1) is 19.8. The maximum atomic E-state index is 13.0. The van der Waals surface area contributed by atoms with Gasteiger partial charge in [-0.25, -0.2) is 5.10 Å². The molecule has 9 nitrogen and oxygen atoms in total. The van der Waals surface area contributed by atoms with Gasteiger partial charge < -0.3 is 9.47 Å².